The summed E-state index contributed by atoms with van der Waals surface area (Å²) in [6, 6.07) is 3.44. The van der Waals surface area contributed by atoms with Gasteiger partial charge in [0.2, 0.25) is 0 Å². The van der Waals surface area contributed by atoms with Crippen molar-refractivity contribution in [2.45, 2.75) is 19.4 Å². The van der Waals surface area contributed by atoms with Gasteiger partial charge in [-0.25, -0.2) is 13.2 Å². The molecule has 0 aliphatic heterocycles. The van der Waals surface area contributed by atoms with Gasteiger partial charge < -0.3 is 10.1 Å². The molecular formula is C15H16F3NOS. The van der Waals surface area contributed by atoms with Crippen LogP contribution in [0, 0.1) is 17.5 Å². The van der Waals surface area contributed by atoms with Crippen molar-refractivity contribution in [1.29, 1.82) is 0 Å². The molecule has 1 heterocycles. The topological polar surface area (TPSA) is 21.3 Å². The molecule has 6 heteroatoms. The third-order valence-electron chi connectivity index (χ3n) is 3.09. The molecule has 114 valence electrons. The standard InChI is InChI=1S/C15H16F3NOS/c1-3-6-19-15(12-7-9(20-2)8-21-12)10-4-5-11(16)14(18)13(10)17/h4-5,7-8,15,19H,3,6H2,1-2H3. The first-order valence-corrected chi connectivity index (χ1v) is 7.45. The average Bonchev–Trinajstić information content (AvgIpc) is 2.96. The summed E-state index contributed by atoms with van der Waals surface area (Å²) in [7, 11) is 1.54. The van der Waals surface area contributed by atoms with Crippen molar-refractivity contribution < 1.29 is 17.9 Å². The minimum absolute atomic E-state index is 0.0897. The molecule has 1 N–H and O–H groups in total. The van der Waals surface area contributed by atoms with Crippen molar-refractivity contribution in [3.63, 3.8) is 0 Å². The Balaban J connectivity index is 2.42. The predicted octanol–water partition coefficient (Wildman–Crippen LogP) is 4.26. The smallest absolute Gasteiger partial charge is 0.194 e. The first-order valence-electron chi connectivity index (χ1n) is 6.57. The minimum Gasteiger partial charge on any atom is -0.496 e. The monoisotopic (exact) mass is 315 g/mol. The van der Waals surface area contributed by atoms with Crippen molar-refractivity contribution in [3.05, 3.63) is 51.5 Å². The molecule has 0 aliphatic rings. The van der Waals surface area contributed by atoms with Gasteiger partial charge in [-0.2, -0.15) is 0 Å². The quantitative estimate of drug-likeness (QED) is 0.804. The lowest BCUT2D eigenvalue weighted by molar-refractivity contribution is 0.415. The number of hydrogen-bond acceptors (Lipinski definition) is 3. The fourth-order valence-corrected chi connectivity index (χ4v) is 2.96. The normalized spacial score (nSPS) is 12.4. The molecule has 0 aliphatic carbocycles. The van der Waals surface area contributed by atoms with Gasteiger partial charge in [0.05, 0.1) is 13.2 Å². The van der Waals surface area contributed by atoms with Crippen LogP contribution in [-0.4, -0.2) is 13.7 Å². The van der Waals surface area contributed by atoms with Crippen LogP contribution < -0.4 is 10.1 Å². The molecule has 0 saturated carbocycles. The van der Waals surface area contributed by atoms with Crippen molar-refractivity contribution >= 4 is 11.3 Å². The number of ether oxygens (including phenoxy) is 1. The fraction of sp³-hybridized carbons (Fsp3) is 0.333. The highest BCUT2D eigenvalue weighted by Gasteiger charge is 2.23. The summed E-state index contributed by atoms with van der Waals surface area (Å²) in [6.45, 7) is 2.60. The summed E-state index contributed by atoms with van der Waals surface area (Å²) >= 11 is 1.38. The Labute approximate surface area is 125 Å². The number of rotatable bonds is 6. The van der Waals surface area contributed by atoms with E-state index in [2.05, 4.69) is 5.32 Å². The Morgan fingerprint density at radius 2 is 2.00 bits per heavy atom. The van der Waals surface area contributed by atoms with Gasteiger partial charge in [-0.15, -0.1) is 11.3 Å². The Hall–Kier alpha value is -1.53. The molecule has 1 aromatic heterocycles. The van der Waals surface area contributed by atoms with Gasteiger partial charge in [-0.3, -0.25) is 0 Å². The zero-order valence-electron chi connectivity index (χ0n) is 11.8. The zero-order chi connectivity index (χ0) is 15.4. The lowest BCUT2D eigenvalue weighted by Gasteiger charge is -2.18. The number of thiophene rings is 1. The minimum atomic E-state index is -1.45. The maximum Gasteiger partial charge on any atom is 0.194 e. The maximum absolute atomic E-state index is 14.0. The fourth-order valence-electron chi connectivity index (χ4n) is 2.01. The van der Waals surface area contributed by atoms with Gasteiger partial charge in [-0.1, -0.05) is 13.0 Å². The predicted molar refractivity (Wildman–Crippen MR) is 77.3 cm³/mol. The summed E-state index contributed by atoms with van der Waals surface area (Å²) in [5, 5.41) is 4.94. The summed E-state index contributed by atoms with van der Waals surface area (Å²) in [4.78, 5) is 0.783. The SMILES string of the molecule is CCCNC(c1cc(OC)cs1)c1ccc(F)c(F)c1F. The lowest BCUT2D eigenvalue weighted by atomic mass is 10.0. The Morgan fingerprint density at radius 3 is 2.62 bits per heavy atom. The molecule has 0 fully saturated rings. The van der Waals surface area contributed by atoms with Crippen molar-refractivity contribution in [3.8, 4) is 5.75 Å². The second-order valence-electron chi connectivity index (χ2n) is 4.54. The largest absolute Gasteiger partial charge is 0.496 e. The average molecular weight is 315 g/mol. The summed E-state index contributed by atoms with van der Waals surface area (Å²) in [6.07, 6.45) is 0.838. The number of hydrogen-bond donors (Lipinski definition) is 1. The molecule has 1 aromatic carbocycles. The van der Waals surface area contributed by atoms with Crippen molar-refractivity contribution in [2.75, 3.05) is 13.7 Å². The van der Waals surface area contributed by atoms with Crippen molar-refractivity contribution in [2.24, 2.45) is 0 Å². The molecule has 2 rings (SSSR count). The first kappa shape index (κ1) is 15.9. The third kappa shape index (κ3) is 3.39. The van der Waals surface area contributed by atoms with Gasteiger partial charge in [0.1, 0.15) is 5.75 Å². The first-order chi connectivity index (χ1) is 10.1. The lowest BCUT2D eigenvalue weighted by Crippen LogP contribution is -2.24. The van der Waals surface area contributed by atoms with Gasteiger partial charge in [0.25, 0.3) is 0 Å². The van der Waals surface area contributed by atoms with Crippen LogP contribution in [0.3, 0.4) is 0 Å². The van der Waals surface area contributed by atoms with E-state index in [0.717, 1.165) is 17.4 Å². The van der Waals surface area contributed by atoms with Crippen LogP contribution in [0.4, 0.5) is 13.2 Å². The van der Waals surface area contributed by atoms with E-state index in [4.69, 9.17) is 4.74 Å². The molecule has 1 unspecified atom stereocenters. The summed E-state index contributed by atoms with van der Waals surface area (Å²) in [5.74, 6) is -3.13. The van der Waals surface area contributed by atoms with Crippen molar-refractivity contribution in [1.82, 2.24) is 5.32 Å². The van der Waals surface area contributed by atoms with Gasteiger partial charge in [0, 0.05) is 15.8 Å². The molecule has 0 amide bonds. The van der Waals surface area contributed by atoms with E-state index in [1.165, 1.54) is 17.4 Å². The van der Waals surface area contributed by atoms with Gasteiger partial charge in [-0.05, 0) is 25.1 Å². The zero-order valence-corrected chi connectivity index (χ0v) is 12.6. The van der Waals surface area contributed by atoms with E-state index in [0.29, 0.717) is 12.3 Å². The second kappa shape index (κ2) is 6.95. The van der Waals surface area contributed by atoms with Crippen LogP contribution in [-0.2, 0) is 0 Å². The molecule has 1 atom stereocenters. The van der Waals surface area contributed by atoms with Gasteiger partial charge in [0.15, 0.2) is 17.5 Å². The van der Waals surface area contributed by atoms with Crippen LogP contribution in [0.5, 0.6) is 5.75 Å². The third-order valence-corrected chi connectivity index (χ3v) is 4.07. The summed E-state index contributed by atoms with van der Waals surface area (Å²) < 4.78 is 45.7. The molecule has 0 bridgehead atoms. The molecule has 0 saturated heterocycles. The maximum atomic E-state index is 14.0. The van der Waals surface area contributed by atoms with E-state index < -0.39 is 23.5 Å². The van der Waals surface area contributed by atoms with Crippen LogP contribution in [0.1, 0.15) is 29.8 Å². The van der Waals surface area contributed by atoms with E-state index in [9.17, 15) is 13.2 Å². The molecule has 0 spiro atoms. The van der Waals surface area contributed by atoms with E-state index in [1.807, 2.05) is 6.92 Å². The number of methoxy groups -OCH3 is 1. The van der Waals surface area contributed by atoms with Crippen LogP contribution in [0.15, 0.2) is 23.6 Å². The van der Waals surface area contributed by atoms with Gasteiger partial charge >= 0.3 is 0 Å². The number of benzene rings is 1. The number of halogens is 3. The highest BCUT2D eigenvalue weighted by atomic mass is 32.1. The Kier molecular flexibility index (Phi) is 5.25. The Bertz CT molecular complexity index is 615. The second-order valence-corrected chi connectivity index (χ2v) is 5.48. The summed E-state index contributed by atoms with van der Waals surface area (Å²) in [5.41, 5.74) is 0.0897. The van der Waals surface area contributed by atoms with Crippen LogP contribution in [0.25, 0.3) is 0 Å². The highest BCUT2D eigenvalue weighted by Crippen LogP contribution is 2.33. The number of nitrogens with one attached hydrogen (secondary N) is 1. The molecule has 2 aromatic rings. The van der Waals surface area contributed by atoms with E-state index in [1.54, 1.807) is 18.6 Å². The van der Waals surface area contributed by atoms with E-state index >= 15 is 0 Å². The Morgan fingerprint density at radius 1 is 1.24 bits per heavy atom. The highest BCUT2D eigenvalue weighted by molar-refractivity contribution is 7.10. The molecule has 2 nitrogen and oxygen atoms in total. The van der Waals surface area contributed by atoms with E-state index in [-0.39, 0.29) is 5.56 Å². The van der Waals surface area contributed by atoms with Crippen LogP contribution in [0.2, 0.25) is 0 Å². The molecular weight excluding hydrogens is 299 g/mol. The molecule has 21 heavy (non-hydrogen) atoms. The molecule has 0 radical (unpaired) electrons. The van der Waals surface area contributed by atoms with Crippen LogP contribution >= 0.6 is 11.3 Å².